The van der Waals surface area contributed by atoms with Crippen LogP contribution in [0.3, 0.4) is 0 Å². The quantitative estimate of drug-likeness (QED) is 0.109. The molecule has 0 atom stereocenters. The van der Waals surface area contributed by atoms with Crippen LogP contribution in [0.15, 0.2) is 182 Å². The van der Waals surface area contributed by atoms with E-state index in [0.29, 0.717) is 13.2 Å². The summed E-state index contributed by atoms with van der Waals surface area (Å²) in [5.74, 6) is 0. The molecule has 0 aliphatic heterocycles. The van der Waals surface area contributed by atoms with Gasteiger partial charge in [0.1, 0.15) is 46.4 Å². The van der Waals surface area contributed by atoms with Gasteiger partial charge in [-0.15, -0.1) is 0 Å². The largest absolute Gasteiger partial charge is 0.374 e. The molecule has 0 radical (unpaired) electrons. The maximum Gasteiger partial charge on any atom is 0.114 e. The molecule has 0 saturated heterocycles. The van der Waals surface area contributed by atoms with Gasteiger partial charge in [-0.1, -0.05) is 109 Å². The van der Waals surface area contributed by atoms with E-state index in [2.05, 4.69) is 182 Å². The first kappa shape index (κ1) is 29.2. The second-order valence-corrected chi connectivity index (χ2v) is 17.9. The molecule has 0 bridgehead atoms. The summed E-state index contributed by atoms with van der Waals surface area (Å²) in [5.41, 5.74) is 0. The van der Waals surface area contributed by atoms with Crippen LogP contribution in [0.4, 0.5) is 0 Å². The Morgan fingerprint density at radius 1 is 0.279 bits per heavy atom. The van der Waals surface area contributed by atoms with Crippen molar-refractivity contribution in [1.82, 2.24) is 0 Å². The standard InChI is InChI=1S/C40H38OP2/c1-7-19-35(20-8-1)42(36-21-9-2-10-22-36,37-23-11-3-12-24-37)33-31-41-32-34-43(38-25-13-4-14-26-38,39-27-15-5-16-28-39)40-29-17-6-18-30-40/h1-30H,31-34H2/q+2. The number of benzene rings is 6. The average molecular weight is 597 g/mol. The molecule has 6 aromatic carbocycles. The third-order valence-electron chi connectivity index (χ3n) is 8.32. The fourth-order valence-corrected chi connectivity index (χ4v) is 14.5. The lowest BCUT2D eigenvalue weighted by Gasteiger charge is -2.29. The monoisotopic (exact) mass is 596 g/mol. The molecule has 1 nitrogen and oxygen atoms in total. The second kappa shape index (κ2) is 14.1. The Kier molecular flexibility index (Phi) is 9.56. The van der Waals surface area contributed by atoms with E-state index in [-0.39, 0.29) is 0 Å². The van der Waals surface area contributed by atoms with Gasteiger partial charge in [-0.25, -0.2) is 0 Å². The normalized spacial score (nSPS) is 11.7. The summed E-state index contributed by atoms with van der Waals surface area (Å²) in [4.78, 5) is 0. The van der Waals surface area contributed by atoms with Crippen LogP contribution in [0.1, 0.15) is 0 Å². The van der Waals surface area contributed by atoms with Gasteiger partial charge in [0, 0.05) is 0 Å². The highest BCUT2D eigenvalue weighted by molar-refractivity contribution is 7.96. The Morgan fingerprint density at radius 3 is 0.651 bits per heavy atom. The van der Waals surface area contributed by atoms with E-state index in [9.17, 15) is 0 Å². The molecule has 0 aliphatic carbocycles. The fourth-order valence-electron chi connectivity index (χ4n) is 6.27. The summed E-state index contributed by atoms with van der Waals surface area (Å²) in [6.07, 6.45) is 1.91. The summed E-state index contributed by atoms with van der Waals surface area (Å²) in [6, 6.07) is 66.5. The van der Waals surface area contributed by atoms with Crippen molar-refractivity contribution in [1.29, 1.82) is 0 Å². The van der Waals surface area contributed by atoms with Crippen molar-refractivity contribution in [2.24, 2.45) is 0 Å². The Labute approximate surface area is 257 Å². The molecule has 0 heterocycles. The van der Waals surface area contributed by atoms with Crippen molar-refractivity contribution in [3.8, 4) is 0 Å². The van der Waals surface area contributed by atoms with Crippen molar-refractivity contribution in [3.05, 3.63) is 182 Å². The molecule has 6 aromatic rings. The molecule has 0 aliphatic rings. The van der Waals surface area contributed by atoms with E-state index in [1.165, 1.54) is 31.8 Å². The molecular weight excluding hydrogens is 558 g/mol. The molecule has 43 heavy (non-hydrogen) atoms. The first-order valence-corrected chi connectivity index (χ1v) is 19.0. The predicted molar refractivity (Wildman–Crippen MR) is 191 cm³/mol. The lowest BCUT2D eigenvalue weighted by molar-refractivity contribution is 0.166. The van der Waals surface area contributed by atoms with Gasteiger partial charge in [-0.2, -0.15) is 0 Å². The van der Waals surface area contributed by atoms with Crippen molar-refractivity contribution < 1.29 is 4.74 Å². The van der Waals surface area contributed by atoms with Crippen LogP contribution in [0.2, 0.25) is 0 Å². The van der Waals surface area contributed by atoms with E-state index >= 15 is 0 Å². The Hall–Kier alpha value is -3.86. The number of hydrogen-bond acceptors (Lipinski definition) is 1. The van der Waals surface area contributed by atoms with E-state index in [1.807, 2.05) is 0 Å². The topological polar surface area (TPSA) is 9.23 Å². The van der Waals surface area contributed by atoms with Crippen molar-refractivity contribution in [3.63, 3.8) is 0 Å². The first-order chi connectivity index (χ1) is 21.3. The van der Waals surface area contributed by atoms with E-state index in [4.69, 9.17) is 4.74 Å². The Morgan fingerprint density at radius 2 is 0.465 bits per heavy atom. The summed E-state index contributed by atoms with van der Waals surface area (Å²) >= 11 is 0. The zero-order valence-corrected chi connectivity index (χ0v) is 26.2. The zero-order valence-electron chi connectivity index (χ0n) is 24.5. The van der Waals surface area contributed by atoms with Crippen LogP contribution in [-0.2, 0) is 4.74 Å². The van der Waals surface area contributed by atoms with Crippen molar-refractivity contribution in [2.75, 3.05) is 25.5 Å². The molecule has 3 heteroatoms. The molecule has 212 valence electrons. The number of hydrogen-bond donors (Lipinski definition) is 0. The van der Waals surface area contributed by atoms with E-state index in [1.54, 1.807) is 0 Å². The Balaban J connectivity index is 1.33. The van der Waals surface area contributed by atoms with E-state index in [0.717, 1.165) is 12.3 Å². The van der Waals surface area contributed by atoms with Gasteiger partial charge in [0.25, 0.3) is 0 Å². The van der Waals surface area contributed by atoms with Crippen LogP contribution in [0, 0.1) is 0 Å². The van der Waals surface area contributed by atoms with Gasteiger partial charge >= 0.3 is 0 Å². The summed E-state index contributed by atoms with van der Waals surface area (Å²) in [6.45, 7) is 1.40. The number of rotatable bonds is 12. The minimum atomic E-state index is -1.92. The highest BCUT2D eigenvalue weighted by Gasteiger charge is 2.46. The van der Waals surface area contributed by atoms with Crippen LogP contribution in [-0.4, -0.2) is 25.5 Å². The van der Waals surface area contributed by atoms with Gasteiger partial charge < -0.3 is 4.74 Å². The third kappa shape index (κ3) is 6.13. The fraction of sp³-hybridized carbons (Fsp3) is 0.100. The smallest absolute Gasteiger partial charge is 0.114 e. The highest BCUT2D eigenvalue weighted by atomic mass is 31.2. The Bertz CT molecular complexity index is 1340. The minimum Gasteiger partial charge on any atom is -0.374 e. The van der Waals surface area contributed by atoms with Gasteiger partial charge in [-0.05, 0) is 72.8 Å². The molecule has 0 saturated carbocycles. The molecule has 0 aromatic heterocycles. The molecule has 0 fully saturated rings. The zero-order chi connectivity index (χ0) is 29.2. The maximum absolute atomic E-state index is 6.73. The summed E-state index contributed by atoms with van der Waals surface area (Å²) in [5, 5.41) is 8.39. The van der Waals surface area contributed by atoms with Gasteiger partial charge in [-0.3, -0.25) is 0 Å². The van der Waals surface area contributed by atoms with Crippen molar-refractivity contribution >= 4 is 46.4 Å². The molecule has 6 rings (SSSR count). The molecule has 0 spiro atoms. The lowest BCUT2D eigenvalue weighted by Crippen LogP contribution is -2.36. The average Bonchev–Trinajstić information content (AvgIpc) is 3.11. The SMILES string of the molecule is c1ccc([P+](CCOCC[P+](c2ccccc2)(c2ccccc2)c2ccccc2)(c2ccccc2)c2ccccc2)cc1. The van der Waals surface area contributed by atoms with Crippen LogP contribution < -0.4 is 31.8 Å². The number of ether oxygens (including phenoxy) is 1. The third-order valence-corrected chi connectivity index (χ3v) is 17.1. The first-order valence-electron chi connectivity index (χ1n) is 15.0. The molecule has 0 amide bonds. The van der Waals surface area contributed by atoms with Crippen LogP contribution in [0.25, 0.3) is 0 Å². The van der Waals surface area contributed by atoms with Gasteiger partial charge in [0.05, 0.1) is 25.5 Å². The van der Waals surface area contributed by atoms with Gasteiger partial charge in [0.2, 0.25) is 0 Å². The minimum absolute atomic E-state index is 0.699. The van der Waals surface area contributed by atoms with Crippen LogP contribution in [0.5, 0.6) is 0 Å². The van der Waals surface area contributed by atoms with E-state index < -0.39 is 14.5 Å². The lowest BCUT2D eigenvalue weighted by atomic mass is 10.4. The maximum atomic E-state index is 6.73. The highest BCUT2D eigenvalue weighted by Crippen LogP contribution is 2.56. The van der Waals surface area contributed by atoms with Gasteiger partial charge in [0.15, 0.2) is 0 Å². The summed E-state index contributed by atoms with van der Waals surface area (Å²) < 4.78 is 6.73. The molecule has 0 N–H and O–H groups in total. The summed E-state index contributed by atoms with van der Waals surface area (Å²) in [7, 11) is -3.85. The van der Waals surface area contributed by atoms with Crippen LogP contribution >= 0.6 is 14.5 Å². The second-order valence-electron chi connectivity index (χ2n) is 10.7. The molecular formula is C40H38OP2+2. The van der Waals surface area contributed by atoms with Crippen molar-refractivity contribution in [2.45, 2.75) is 0 Å². The molecule has 0 unspecified atom stereocenters. The predicted octanol–water partition coefficient (Wildman–Crippen LogP) is 6.99.